The summed E-state index contributed by atoms with van der Waals surface area (Å²) >= 11 is 0. The zero-order chi connectivity index (χ0) is 13.0. The van der Waals surface area contributed by atoms with E-state index in [4.69, 9.17) is 5.73 Å². The third-order valence-corrected chi connectivity index (χ3v) is 2.90. The standard InChI is InChI=1S/C14H17N3O/c1-17(10-11-4-5-11)14(18)13-7-12(3-2-6-15)8-16-9-13/h7-9,11H,4-6,10,15H2,1H3. The molecule has 1 fully saturated rings. The van der Waals surface area contributed by atoms with E-state index in [2.05, 4.69) is 16.8 Å². The minimum Gasteiger partial charge on any atom is -0.341 e. The number of rotatable bonds is 3. The Balaban J connectivity index is 2.08. The number of nitrogens with two attached hydrogens (primary N) is 1. The highest BCUT2D eigenvalue weighted by Crippen LogP contribution is 2.29. The van der Waals surface area contributed by atoms with E-state index in [0.29, 0.717) is 18.0 Å². The summed E-state index contributed by atoms with van der Waals surface area (Å²) < 4.78 is 0. The number of carbonyl (C=O) groups is 1. The minimum absolute atomic E-state index is 0.00537. The number of aromatic nitrogens is 1. The van der Waals surface area contributed by atoms with E-state index in [9.17, 15) is 4.79 Å². The van der Waals surface area contributed by atoms with Crippen LogP contribution in [0.25, 0.3) is 0 Å². The van der Waals surface area contributed by atoms with E-state index in [1.807, 2.05) is 7.05 Å². The van der Waals surface area contributed by atoms with Crippen molar-refractivity contribution in [2.24, 2.45) is 11.7 Å². The van der Waals surface area contributed by atoms with Crippen LogP contribution in [0.4, 0.5) is 0 Å². The van der Waals surface area contributed by atoms with Crippen molar-refractivity contribution in [1.82, 2.24) is 9.88 Å². The second-order valence-electron chi connectivity index (χ2n) is 4.60. The van der Waals surface area contributed by atoms with Crippen LogP contribution in [-0.4, -0.2) is 35.9 Å². The molecule has 0 aliphatic heterocycles. The molecular formula is C14H17N3O. The summed E-state index contributed by atoms with van der Waals surface area (Å²) in [6.07, 6.45) is 5.69. The zero-order valence-electron chi connectivity index (χ0n) is 10.5. The van der Waals surface area contributed by atoms with Gasteiger partial charge in [-0.3, -0.25) is 9.78 Å². The number of amides is 1. The van der Waals surface area contributed by atoms with Gasteiger partial charge in [0.25, 0.3) is 5.91 Å². The van der Waals surface area contributed by atoms with Gasteiger partial charge in [0.15, 0.2) is 0 Å². The zero-order valence-corrected chi connectivity index (χ0v) is 10.5. The smallest absolute Gasteiger partial charge is 0.255 e. The summed E-state index contributed by atoms with van der Waals surface area (Å²) in [6.45, 7) is 1.14. The predicted octanol–water partition coefficient (Wildman–Crippen LogP) is 0.874. The second kappa shape index (κ2) is 5.65. The van der Waals surface area contributed by atoms with E-state index in [1.54, 1.807) is 23.4 Å². The molecule has 1 aliphatic rings. The van der Waals surface area contributed by atoms with Gasteiger partial charge in [0.2, 0.25) is 0 Å². The van der Waals surface area contributed by atoms with Crippen molar-refractivity contribution in [2.75, 3.05) is 20.1 Å². The summed E-state index contributed by atoms with van der Waals surface area (Å²) in [7, 11) is 1.83. The fourth-order valence-electron chi connectivity index (χ4n) is 1.77. The SMILES string of the molecule is CN(CC1CC1)C(=O)c1cncc(C#CCN)c1. The van der Waals surface area contributed by atoms with Gasteiger partial charge >= 0.3 is 0 Å². The van der Waals surface area contributed by atoms with Crippen LogP contribution in [0, 0.1) is 17.8 Å². The number of hydrogen-bond donors (Lipinski definition) is 1. The van der Waals surface area contributed by atoms with Gasteiger partial charge in [0.05, 0.1) is 12.1 Å². The average Bonchev–Trinajstić information content (AvgIpc) is 3.19. The highest BCUT2D eigenvalue weighted by Gasteiger charge is 2.25. The van der Waals surface area contributed by atoms with Crippen LogP contribution in [0.3, 0.4) is 0 Å². The minimum atomic E-state index is 0.00537. The molecule has 0 saturated heterocycles. The van der Waals surface area contributed by atoms with Crippen LogP contribution in [0.2, 0.25) is 0 Å². The monoisotopic (exact) mass is 243 g/mol. The molecule has 1 heterocycles. The van der Waals surface area contributed by atoms with Crippen LogP contribution >= 0.6 is 0 Å². The van der Waals surface area contributed by atoms with Crippen LogP contribution in [-0.2, 0) is 0 Å². The highest BCUT2D eigenvalue weighted by molar-refractivity contribution is 5.94. The van der Waals surface area contributed by atoms with E-state index < -0.39 is 0 Å². The Kier molecular flexibility index (Phi) is 3.96. The molecule has 1 aromatic heterocycles. The quantitative estimate of drug-likeness (QED) is 0.801. The van der Waals surface area contributed by atoms with Gasteiger partial charge in [-0.15, -0.1) is 0 Å². The Morgan fingerprint density at radius 3 is 3.00 bits per heavy atom. The maximum absolute atomic E-state index is 12.1. The third-order valence-electron chi connectivity index (χ3n) is 2.90. The molecule has 0 aromatic carbocycles. The molecule has 0 unspecified atom stereocenters. The molecular weight excluding hydrogens is 226 g/mol. The van der Waals surface area contributed by atoms with Crippen LogP contribution < -0.4 is 5.73 Å². The molecule has 1 saturated carbocycles. The molecule has 1 aromatic rings. The number of nitrogens with zero attached hydrogens (tertiary/aromatic N) is 2. The van der Waals surface area contributed by atoms with E-state index in [0.717, 1.165) is 12.1 Å². The van der Waals surface area contributed by atoms with E-state index >= 15 is 0 Å². The Labute approximate surface area is 107 Å². The van der Waals surface area contributed by atoms with Gasteiger partial charge in [-0.1, -0.05) is 11.8 Å². The Morgan fingerprint density at radius 1 is 1.56 bits per heavy atom. The van der Waals surface area contributed by atoms with E-state index in [1.165, 1.54) is 12.8 Å². The Hall–Kier alpha value is -1.86. The largest absolute Gasteiger partial charge is 0.341 e. The first-order chi connectivity index (χ1) is 8.70. The van der Waals surface area contributed by atoms with Gasteiger partial charge in [-0.05, 0) is 24.8 Å². The summed E-state index contributed by atoms with van der Waals surface area (Å²) in [6, 6.07) is 1.77. The molecule has 2 N–H and O–H groups in total. The lowest BCUT2D eigenvalue weighted by molar-refractivity contribution is 0.0788. The van der Waals surface area contributed by atoms with Gasteiger partial charge in [0, 0.05) is 31.5 Å². The van der Waals surface area contributed by atoms with Crippen molar-refractivity contribution in [3.63, 3.8) is 0 Å². The molecule has 94 valence electrons. The number of carbonyl (C=O) groups excluding carboxylic acids is 1. The van der Waals surface area contributed by atoms with E-state index in [-0.39, 0.29) is 5.91 Å². The fourth-order valence-corrected chi connectivity index (χ4v) is 1.77. The summed E-state index contributed by atoms with van der Waals surface area (Å²) in [5, 5.41) is 0. The normalized spacial score (nSPS) is 13.7. The van der Waals surface area contributed by atoms with Gasteiger partial charge < -0.3 is 10.6 Å². The van der Waals surface area contributed by atoms with Gasteiger partial charge in [-0.25, -0.2) is 0 Å². The van der Waals surface area contributed by atoms with Gasteiger partial charge in [-0.2, -0.15) is 0 Å². The fraction of sp³-hybridized carbons (Fsp3) is 0.429. The summed E-state index contributed by atoms with van der Waals surface area (Å²) in [5.41, 5.74) is 6.63. The molecule has 4 nitrogen and oxygen atoms in total. The maximum atomic E-state index is 12.1. The lowest BCUT2D eigenvalue weighted by Gasteiger charge is -2.16. The number of pyridine rings is 1. The predicted molar refractivity (Wildman–Crippen MR) is 69.9 cm³/mol. The van der Waals surface area contributed by atoms with Gasteiger partial charge in [0.1, 0.15) is 0 Å². The summed E-state index contributed by atoms with van der Waals surface area (Å²) in [4.78, 5) is 18.0. The van der Waals surface area contributed by atoms with Crippen LogP contribution in [0.5, 0.6) is 0 Å². The Morgan fingerprint density at radius 2 is 2.33 bits per heavy atom. The molecule has 2 rings (SSSR count). The lowest BCUT2D eigenvalue weighted by atomic mass is 10.2. The van der Waals surface area contributed by atoms with Crippen LogP contribution in [0.15, 0.2) is 18.5 Å². The first kappa shape index (κ1) is 12.6. The maximum Gasteiger partial charge on any atom is 0.255 e. The molecule has 18 heavy (non-hydrogen) atoms. The highest BCUT2D eigenvalue weighted by atomic mass is 16.2. The number of hydrogen-bond acceptors (Lipinski definition) is 3. The van der Waals surface area contributed by atoms with Crippen molar-refractivity contribution in [3.8, 4) is 11.8 Å². The Bertz CT molecular complexity index is 497. The second-order valence-corrected chi connectivity index (χ2v) is 4.60. The summed E-state index contributed by atoms with van der Waals surface area (Å²) in [5.74, 6) is 6.33. The molecule has 0 bridgehead atoms. The molecule has 0 atom stereocenters. The first-order valence-corrected chi connectivity index (χ1v) is 6.10. The lowest BCUT2D eigenvalue weighted by Crippen LogP contribution is -2.28. The van der Waals surface area contributed by atoms with Crippen molar-refractivity contribution in [2.45, 2.75) is 12.8 Å². The van der Waals surface area contributed by atoms with Crippen molar-refractivity contribution < 1.29 is 4.79 Å². The molecule has 0 radical (unpaired) electrons. The van der Waals surface area contributed by atoms with Crippen molar-refractivity contribution in [3.05, 3.63) is 29.6 Å². The topological polar surface area (TPSA) is 59.2 Å². The molecule has 0 spiro atoms. The average molecular weight is 243 g/mol. The molecule has 4 heteroatoms. The molecule has 1 amide bonds. The third kappa shape index (κ3) is 3.31. The van der Waals surface area contributed by atoms with Crippen molar-refractivity contribution >= 4 is 5.91 Å². The first-order valence-electron chi connectivity index (χ1n) is 6.10. The van der Waals surface area contributed by atoms with Crippen LogP contribution in [0.1, 0.15) is 28.8 Å². The van der Waals surface area contributed by atoms with Crippen molar-refractivity contribution in [1.29, 1.82) is 0 Å². The molecule has 1 aliphatic carbocycles.